The van der Waals surface area contributed by atoms with Gasteiger partial charge in [-0.15, -0.1) is 0 Å². The standard InChI is InChI=1S/C11H16O5/c1-3-14-10(13)6-11-5-8(12)4-9(16-11)7(2)15-11/h7,9H,3-6H2,1-2H3. The average molecular weight is 228 g/mol. The van der Waals surface area contributed by atoms with E-state index in [0.29, 0.717) is 13.0 Å². The summed E-state index contributed by atoms with van der Waals surface area (Å²) in [5.41, 5.74) is 0. The summed E-state index contributed by atoms with van der Waals surface area (Å²) in [6, 6.07) is 0. The van der Waals surface area contributed by atoms with Crippen LogP contribution in [0.5, 0.6) is 0 Å². The number of esters is 1. The van der Waals surface area contributed by atoms with Crippen LogP contribution in [-0.4, -0.2) is 36.4 Å². The summed E-state index contributed by atoms with van der Waals surface area (Å²) in [5, 5.41) is 0. The third-order valence-electron chi connectivity index (χ3n) is 2.90. The third-order valence-corrected chi connectivity index (χ3v) is 2.90. The van der Waals surface area contributed by atoms with Gasteiger partial charge in [0.2, 0.25) is 0 Å². The molecule has 90 valence electrons. The van der Waals surface area contributed by atoms with Crippen LogP contribution in [0.2, 0.25) is 0 Å². The first-order chi connectivity index (χ1) is 7.54. The molecular weight excluding hydrogens is 212 g/mol. The second-order valence-electron chi connectivity index (χ2n) is 4.29. The van der Waals surface area contributed by atoms with Gasteiger partial charge in [0.25, 0.3) is 0 Å². The fourth-order valence-electron chi connectivity index (χ4n) is 2.28. The van der Waals surface area contributed by atoms with E-state index in [9.17, 15) is 9.59 Å². The molecule has 5 nitrogen and oxygen atoms in total. The van der Waals surface area contributed by atoms with Crippen LogP contribution >= 0.6 is 0 Å². The molecule has 0 aromatic carbocycles. The monoisotopic (exact) mass is 228 g/mol. The molecule has 2 aliphatic heterocycles. The van der Waals surface area contributed by atoms with Crippen LogP contribution in [0.4, 0.5) is 0 Å². The van der Waals surface area contributed by atoms with E-state index in [2.05, 4.69) is 0 Å². The van der Waals surface area contributed by atoms with E-state index in [1.165, 1.54) is 0 Å². The number of hydrogen-bond acceptors (Lipinski definition) is 5. The zero-order valence-electron chi connectivity index (χ0n) is 9.52. The van der Waals surface area contributed by atoms with E-state index in [-0.39, 0.29) is 36.8 Å². The average Bonchev–Trinajstić information content (AvgIpc) is 2.36. The highest BCUT2D eigenvalue weighted by Crippen LogP contribution is 2.40. The second kappa shape index (κ2) is 4.14. The Morgan fingerprint density at radius 3 is 3.00 bits per heavy atom. The summed E-state index contributed by atoms with van der Waals surface area (Å²) in [6.45, 7) is 3.92. The maximum atomic E-state index is 11.5. The summed E-state index contributed by atoms with van der Waals surface area (Å²) in [6.07, 6.45) is 0.169. The molecular formula is C11H16O5. The minimum Gasteiger partial charge on any atom is -0.466 e. The lowest BCUT2D eigenvalue weighted by Gasteiger charge is -2.29. The summed E-state index contributed by atoms with van der Waals surface area (Å²) in [5.74, 6) is -1.36. The van der Waals surface area contributed by atoms with Gasteiger partial charge in [-0.25, -0.2) is 0 Å². The van der Waals surface area contributed by atoms with Gasteiger partial charge in [-0.3, -0.25) is 9.59 Å². The minimum absolute atomic E-state index is 0.00653. The predicted octanol–water partition coefficient (Wildman–Crippen LogP) is 0.803. The van der Waals surface area contributed by atoms with Gasteiger partial charge < -0.3 is 14.2 Å². The Morgan fingerprint density at radius 2 is 2.31 bits per heavy atom. The summed E-state index contributed by atoms with van der Waals surface area (Å²) < 4.78 is 16.1. The van der Waals surface area contributed by atoms with Crippen molar-refractivity contribution in [1.29, 1.82) is 0 Å². The molecule has 2 saturated heterocycles. The van der Waals surface area contributed by atoms with E-state index in [1.807, 2.05) is 6.92 Å². The maximum Gasteiger partial charge on any atom is 0.311 e. The van der Waals surface area contributed by atoms with E-state index in [4.69, 9.17) is 14.2 Å². The van der Waals surface area contributed by atoms with Crippen molar-refractivity contribution in [3.8, 4) is 0 Å². The van der Waals surface area contributed by atoms with Crippen molar-refractivity contribution in [3.63, 3.8) is 0 Å². The van der Waals surface area contributed by atoms with Crippen LogP contribution < -0.4 is 0 Å². The van der Waals surface area contributed by atoms with Crippen LogP contribution in [0.1, 0.15) is 33.1 Å². The van der Waals surface area contributed by atoms with E-state index < -0.39 is 5.79 Å². The highest BCUT2D eigenvalue weighted by molar-refractivity contribution is 5.82. The predicted molar refractivity (Wildman–Crippen MR) is 53.6 cm³/mol. The fraction of sp³-hybridized carbons (Fsp3) is 0.818. The SMILES string of the molecule is CCOC(=O)CC12CC(=O)CC(O1)C(C)O2. The molecule has 0 amide bonds. The smallest absolute Gasteiger partial charge is 0.311 e. The molecule has 5 heteroatoms. The molecule has 2 rings (SSSR count). The van der Waals surface area contributed by atoms with Gasteiger partial charge in [0.05, 0.1) is 25.2 Å². The van der Waals surface area contributed by atoms with Gasteiger partial charge >= 0.3 is 5.97 Å². The number of Topliss-reactive ketones (excluding diaryl/α,β-unsaturated/α-hetero) is 1. The Balaban J connectivity index is 2.06. The number of carbonyl (C=O) groups excluding carboxylic acids is 2. The molecule has 0 aromatic rings. The van der Waals surface area contributed by atoms with E-state index in [0.717, 1.165) is 0 Å². The zero-order valence-corrected chi connectivity index (χ0v) is 9.52. The van der Waals surface area contributed by atoms with Gasteiger partial charge in [-0.05, 0) is 13.8 Å². The quantitative estimate of drug-likeness (QED) is 0.669. The van der Waals surface area contributed by atoms with Gasteiger partial charge in [0.15, 0.2) is 5.79 Å². The van der Waals surface area contributed by atoms with Crippen LogP contribution in [-0.2, 0) is 23.8 Å². The van der Waals surface area contributed by atoms with Crippen molar-refractivity contribution < 1.29 is 23.8 Å². The number of rotatable bonds is 3. The molecule has 3 atom stereocenters. The van der Waals surface area contributed by atoms with Gasteiger partial charge in [0.1, 0.15) is 12.2 Å². The minimum atomic E-state index is -1.06. The first-order valence-electron chi connectivity index (χ1n) is 5.57. The van der Waals surface area contributed by atoms with Crippen molar-refractivity contribution >= 4 is 11.8 Å². The Kier molecular flexibility index (Phi) is 2.99. The van der Waals surface area contributed by atoms with Crippen molar-refractivity contribution in [1.82, 2.24) is 0 Å². The molecule has 0 radical (unpaired) electrons. The summed E-state index contributed by atoms with van der Waals surface area (Å²) >= 11 is 0. The van der Waals surface area contributed by atoms with E-state index >= 15 is 0 Å². The number of fused-ring (bicyclic) bond motifs is 2. The number of ketones is 1. The Morgan fingerprint density at radius 1 is 1.56 bits per heavy atom. The van der Waals surface area contributed by atoms with Crippen LogP contribution in [0.15, 0.2) is 0 Å². The van der Waals surface area contributed by atoms with Gasteiger partial charge in [0, 0.05) is 6.42 Å². The molecule has 2 fully saturated rings. The topological polar surface area (TPSA) is 61.8 Å². The lowest BCUT2D eigenvalue weighted by molar-refractivity contribution is -0.203. The van der Waals surface area contributed by atoms with Crippen molar-refractivity contribution in [2.75, 3.05) is 6.61 Å². The van der Waals surface area contributed by atoms with Gasteiger partial charge in [-0.1, -0.05) is 0 Å². The largest absolute Gasteiger partial charge is 0.466 e. The first-order valence-corrected chi connectivity index (χ1v) is 5.57. The normalized spacial score (nSPS) is 37.5. The summed E-state index contributed by atoms with van der Waals surface area (Å²) in [4.78, 5) is 22.9. The van der Waals surface area contributed by atoms with Crippen molar-refractivity contribution in [2.45, 2.75) is 51.1 Å². The summed E-state index contributed by atoms with van der Waals surface area (Å²) in [7, 11) is 0. The van der Waals surface area contributed by atoms with Crippen LogP contribution in [0.25, 0.3) is 0 Å². The molecule has 0 saturated carbocycles. The van der Waals surface area contributed by atoms with Crippen LogP contribution in [0, 0.1) is 0 Å². The lowest BCUT2D eigenvalue weighted by Crippen LogP contribution is -2.40. The number of carbonyl (C=O) groups is 2. The molecule has 2 heterocycles. The van der Waals surface area contributed by atoms with Crippen molar-refractivity contribution in [2.24, 2.45) is 0 Å². The third kappa shape index (κ3) is 2.10. The molecule has 0 aliphatic carbocycles. The molecule has 2 bridgehead atoms. The first kappa shape index (κ1) is 11.5. The molecule has 0 spiro atoms. The lowest BCUT2D eigenvalue weighted by atomic mass is 9.99. The molecule has 16 heavy (non-hydrogen) atoms. The highest BCUT2D eigenvalue weighted by Gasteiger charge is 2.52. The number of hydrogen-bond donors (Lipinski definition) is 0. The Hall–Kier alpha value is -0.940. The van der Waals surface area contributed by atoms with Crippen LogP contribution in [0.3, 0.4) is 0 Å². The fourth-order valence-corrected chi connectivity index (χ4v) is 2.28. The Labute approximate surface area is 94.0 Å². The van der Waals surface area contributed by atoms with Crippen molar-refractivity contribution in [3.05, 3.63) is 0 Å². The molecule has 0 N–H and O–H groups in total. The van der Waals surface area contributed by atoms with E-state index in [1.54, 1.807) is 6.92 Å². The second-order valence-corrected chi connectivity index (χ2v) is 4.29. The number of ether oxygens (including phenoxy) is 3. The molecule has 0 aromatic heterocycles. The zero-order chi connectivity index (χ0) is 11.8. The Bertz CT molecular complexity index is 309. The molecule has 3 unspecified atom stereocenters. The highest BCUT2D eigenvalue weighted by atomic mass is 16.8. The van der Waals surface area contributed by atoms with Gasteiger partial charge in [-0.2, -0.15) is 0 Å². The maximum absolute atomic E-state index is 11.5. The molecule has 2 aliphatic rings.